The smallest absolute Gasteiger partial charge is 0.361 e. The van der Waals surface area contributed by atoms with Gasteiger partial charge in [-0.1, -0.05) is 0 Å². The monoisotopic (exact) mass is 451 g/mol. The highest BCUT2D eigenvalue weighted by Gasteiger charge is 2.33. The molecular weight excluding hydrogens is 431 g/mol. The van der Waals surface area contributed by atoms with Crippen LogP contribution in [0, 0.1) is 5.92 Å². The number of anilines is 1. The molecule has 2 N–H and O–H groups in total. The van der Waals surface area contributed by atoms with Gasteiger partial charge in [0.15, 0.2) is 0 Å². The van der Waals surface area contributed by atoms with Gasteiger partial charge < -0.3 is 10.3 Å². The number of aromatic nitrogens is 1. The molecule has 1 amide bonds. The summed E-state index contributed by atoms with van der Waals surface area (Å²) in [6, 6.07) is 10.9. The first-order chi connectivity index (χ1) is 14.6. The molecule has 1 aliphatic rings. The summed E-state index contributed by atoms with van der Waals surface area (Å²) in [5, 5.41) is 3.41. The molecule has 4 rings (SSSR count). The highest BCUT2D eigenvalue weighted by Crippen LogP contribution is 2.30. The molecule has 6 nitrogen and oxygen atoms in total. The van der Waals surface area contributed by atoms with Gasteiger partial charge in [0.2, 0.25) is 15.9 Å². The van der Waals surface area contributed by atoms with Gasteiger partial charge >= 0.3 is 6.18 Å². The summed E-state index contributed by atoms with van der Waals surface area (Å²) in [4.78, 5) is 15.7. The molecule has 10 heteroatoms. The highest BCUT2D eigenvalue weighted by molar-refractivity contribution is 7.89. The van der Waals surface area contributed by atoms with Crippen LogP contribution >= 0.6 is 0 Å². The Morgan fingerprint density at radius 1 is 1.03 bits per heavy atom. The number of alkyl halides is 3. The molecule has 0 saturated carbocycles. The lowest BCUT2D eigenvalue weighted by Crippen LogP contribution is -2.41. The zero-order chi connectivity index (χ0) is 22.2. The zero-order valence-corrected chi connectivity index (χ0v) is 17.1. The fourth-order valence-electron chi connectivity index (χ4n) is 3.69. The van der Waals surface area contributed by atoms with Crippen LogP contribution in [0.3, 0.4) is 0 Å². The lowest BCUT2D eigenvalue weighted by molar-refractivity contribution is -0.137. The van der Waals surface area contributed by atoms with Crippen molar-refractivity contribution in [2.45, 2.75) is 23.9 Å². The summed E-state index contributed by atoms with van der Waals surface area (Å²) < 4.78 is 65.2. The molecular formula is C21H20F3N3O3S. The van der Waals surface area contributed by atoms with Crippen molar-refractivity contribution in [2.75, 3.05) is 18.4 Å². The molecule has 0 radical (unpaired) electrons. The molecule has 0 aliphatic carbocycles. The van der Waals surface area contributed by atoms with Gasteiger partial charge in [-0.05, 0) is 61.4 Å². The summed E-state index contributed by atoms with van der Waals surface area (Å²) in [5.41, 5.74) is 0.326. The first-order valence-corrected chi connectivity index (χ1v) is 11.1. The molecule has 1 aliphatic heterocycles. The van der Waals surface area contributed by atoms with Crippen LogP contribution in [0.2, 0.25) is 0 Å². The number of aromatic amines is 1. The van der Waals surface area contributed by atoms with E-state index in [4.69, 9.17) is 0 Å². The van der Waals surface area contributed by atoms with Gasteiger partial charge in [0.25, 0.3) is 0 Å². The molecule has 1 fully saturated rings. The van der Waals surface area contributed by atoms with Gasteiger partial charge in [0.05, 0.1) is 10.5 Å². The molecule has 1 saturated heterocycles. The predicted molar refractivity (Wildman–Crippen MR) is 110 cm³/mol. The molecule has 0 spiro atoms. The number of nitrogens with zero attached hydrogens (tertiary/aromatic N) is 1. The fraction of sp³-hybridized carbons (Fsp3) is 0.286. The van der Waals surface area contributed by atoms with Gasteiger partial charge in [-0.25, -0.2) is 8.42 Å². The maximum absolute atomic E-state index is 13.0. The molecule has 1 aromatic heterocycles. The number of carbonyl (C=O) groups is 1. The van der Waals surface area contributed by atoms with Crippen molar-refractivity contribution in [1.29, 1.82) is 0 Å². The SMILES string of the molecule is O=C(Nc1ccc(C(F)(F)F)cc1)C1CCN(S(=O)(=O)c2ccc3[nH]ccc3c2)CC1. The second-order valence-electron chi connectivity index (χ2n) is 7.47. The number of hydrogen-bond donors (Lipinski definition) is 2. The number of hydrogen-bond acceptors (Lipinski definition) is 3. The minimum atomic E-state index is -4.44. The van der Waals surface area contributed by atoms with Crippen LogP contribution in [-0.2, 0) is 21.0 Å². The minimum absolute atomic E-state index is 0.193. The molecule has 3 aromatic rings. The number of halogens is 3. The Morgan fingerprint density at radius 2 is 1.71 bits per heavy atom. The van der Waals surface area contributed by atoms with E-state index in [0.717, 1.165) is 23.0 Å². The van der Waals surface area contributed by atoms with Crippen molar-refractivity contribution in [3.63, 3.8) is 0 Å². The summed E-state index contributed by atoms with van der Waals surface area (Å²) in [7, 11) is -3.68. The molecule has 0 bridgehead atoms. The molecule has 0 atom stereocenters. The predicted octanol–water partition coefficient (Wildman–Crippen LogP) is 4.23. The van der Waals surface area contributed by atoms with E-state index in [1.807, 2.05) is 0 Å². The maximum Gasteiger partial charge on any atom is 0.416 e. The Labute approximate surface area is 177 Å². The summed E-state index contributed by atoms with van der Waals surface area (Å²) in [5.74, 6) is -0.744. The van der Waals surface area contributed by atoms with E-state index in [0.29, 0.717) is 12.8 Å². The number of benzene rings is 2. The maximum atomic E-state index is 13.0. The number of amides is 1. The van der Waals surface area contributed by atoms with E-state index >= 15 is 0 Å². The highest BCUT2D eigenvalue weighted by atomic mass is 32.2. The van der Waals surface area contributed by atoms with Crippen LogP contribution in [0.1, 0.15) is 18.4 Å². The number of piperidine rings is 1. The molecule has 0 unspecified atom stereocenters. The van der Waals surface area contributed by atoms with E-state index in [1.54, 1.807) is 30.5 Å². The number of H-pyrrole nitrogens is 1. The van der Waals surface area contributed by atoms with Crippen LogP contribution in [0.4, 0.5) is 18.9 Å². The average Bonchev–Trinajstić information content (AvgIpc) is 3.21. The second kappa shape index (κ2) is 8.01. The Kier molecular flexibility index (Phi) is 5.52. The third kappa shape index (κ3) is 4.45. The van der Waals surface area contributed by atoms with Gasteiger partial charge in [0, 0.05) is 41.8 Å². The topological polar surface area (TPSA) is 82.3 Å². The van der Waals surface area contributed by atoms with Gasteiger partial charge in [0.1, 0.15) is 0 Å². The van der Waals surface area contributed by atoms with E-state index in [1.165, 1.54) is 16.4 Å². The van der Waals surface area contributed by atoms with Crippen molar-refractivity contribution >= 4 is 32.5 Å². The molecule has 31 heavy (non-hydrogen) atoms. The minimum Gasteiger partial charge on any atom is -0.361 e. The lowest BCUT2D eigenvalue weighted by Gasteiger charge is -2.30. The van der Waals surface area contributed by atoms with Gasteiger partial charge in [-0.15, -0.1) is 0 Å². The van der Waals surface area contributed by atoms with E-state index in [-0.39, 0.29) is 29.6 Å². The van der Waals surface area contributed by atoms with Crippen molar-refractivity contribution in [3.8, 4) is 0 Å². The Morgan fingerprint density at radius 3 is 2.35 bits per heavy atom. The Balaban J connectivity index is 1.38. The van der Waals surface area contributed by atoms with Crippen LogP contribution < -0.4 is 5.32 Å². The molecule has 2 heterocycles. The third-order valence-corrected chi connectivity index (χ3v) is 7.36. The van der Waals surface area contributed by atoms with Gasteiger partial charge in [-0.3, -0.25) is 4.79 Å². The Bertz CT molecular complexity index is 1200. The van der Waals surface area contributed by atoms with Gasteiger partial charge in [-0.2, -0.15) is 17.5 Å². The third-order valence-electron chi connectivity index (χ3n) is 5.47. The number of sulfonamides is 1. The number of rotatable bonds is 4. The summed E-state index contributed by atoms with van der Waals surface area (Å²) in [6.45, 7) is 0.386. The largest absolute Gasteiger partial charge is 0.416 e. The number of carbonyl (C=O) groups excluding carboxylic acids is 1. The first-order valence-electron chi connectivity index (χ1n) is 9.70. The van der Waals surface area contributed by atoms with Crippen molar-refractivity contribution in [3.05, 3.63) is 60.3 Å². The summed E-state index contributed by atoms with van der Waals surface area (Å²) >= 11 is 0. The van der Waals surface area contributed by atoms with Crippen LogP contribution in [0.15, 0.2) is 59.6 Å². The Hall–Kier alpha value is -2.85. The quantitative estimate of drug-likeness (QED) is 0.623. The molecule has 2 aromatic carbocycles. The number of fused-ring (bicyclic) bond motifs is 1. The van der Waals surface area contributed by atoms with E-state index < -0.39 is 27.7 Å². The molecule has 164 valence electrons. The van der Waals surface area contributed by atoms with Crippen LogP contribution in [0.25, 0.3) is 10.9 Å². The van der Waals surface area contributed by atoms with Crippen molar-refractivity contribution in [2.24, 2.45) is 5.92 Å². The lowest BCUT2D eigenvalue weighted by atomic mass is 9.97. The zero-order valence-electron chi connectivity index (χ0n) is 16.3. The van der Waals surface area contributed by atoms with Crippen molar-refractivity contribution in [1.82, 2.24) is 9.29 Å². The first kappa shape index (κ1) is 21.4. The number of nitrogens with one attached hydrogen (secondary N) is 2. The average molecular weight is 451 g/mol. The van der Waals surface area contributed by atoms with Crippen LogP contribution in [0.5, 0.6) is 0 Å². The van der Waals surface area contributed by atoms with E-state index in [2.05, 4.69) is 10.3 Å². The van der Waals surface area contributed by atoms with Crippen LogP contribution in [-0.4, -0.2) is 36.7 Å². The fourth-order valence-corrected chi connectivity index (χ4v) is 5.19. The van der Waals surface area contributed by atoms with Crippen molar-refractivity contribution < 1.29 is 26.4 Å². The second-order valence-corrected chi connectivity index (χ2v) is 9.41. The summed E-state index contributed by atoms with van der Waals surface area (Å²) in [6.07, 6.45) is -2.04. The van der Waals surface area contributed by atoms with E-state index in [9.17, 15) is 26.4 Å². The normalized spacial score (nSPS) is 16.5. The standard InChI is InChI=1S/C21H20F3N3O3S/c22-21(23,24)16-1-3-17(4-2-16)26-20(28)14-8-11-27(12-9-14)31(29,30)18-5-6-19-15(13-18)7-10-25-19/h1-7,10,13-14,25H,8-9,11-12H2,(H,26,28).